The van der Waals surface area contributed by atoms with E-state index in [0.717, 1.165) is 98.9 Å². The van der Waals surface area contributed by atoms with Crippen molar-refractivity contribution in [3.63, 3.8) is 0 Å². The second kappa shape index (κ2) is 14.5. The number of benzene rings is 2. The minimum absolute atomic E-state index is 0.729. The predicted molar refractivity (Wildman–Crippen MR) is 221 cm³/mol. The Bertz CT molecular complexity index is 2800. The average molecular weight is 759 g/mol. The van der Waals surface area contributed by atoms with Gasteiger partial charge in [-0.15, -0.1) is 20.4 Å². The third kappa shape index (κ3) is 6.70. The van der Waals surface area contributed by atoms with Crippen molar-refractivity contribution in [1.29, 1.82) is 0 Å². The zero-order valence-electron chi connectivity index (χ0n) is 29.3. The fraction of sp³-hybridized carbons (Fsp3) is 0. The Balaban J connectivity index is 0.897. The predicted octanol–water partition coefficient (Wildman–Crippen LogP) is 10.2. The lowest BCUT2D eigenvalue weighted by Crippen LogP contribution is -1.92. The van der Waals surface area contributed by atoms with E-state index in [2.05, 4.69) is 66.8 Å². The van der Waals surface area contributed by atoms with E-state index in [1.165, 1.54) is 22.7 Å². The Hall–Kier alpha value is -7.28. The van der Waals surface area contributed by atoms with E-state index >= 15 is 0 Å². The van der Waals surface area contributed by atoms with Gasteiger partial charge in [0.15, 0.2) is 10.0 Å². The number of hydrogen-bond donors (Lipinski definition) is 0. The Morgan fingerprint density at radius 2 is 0.643 bits per heavy atom. The first-order valence-electron chi connectivity index (χ1n) is 17.6. The van der Waals surface area contributed by atoms with Crippen LogP contribution in [0.2, 0.25) is 0 Å². The highest BCUT2D eigenvalue weighted by Crippen LogP contribution is 2.35. The minimum atomic E-state index is 0.729. The number of fused-ring (bicyclic) bond motifs is 1. The maximum atomic E-state index is 4.91. The van der Waals surface area contributed by atoms with Crippen LogP contribution in [-0.2, 0) is 0 Å². The third-order valence-corrected chi connectivity index (χ3v) is 11.0. The summed E-state index contributed by atoms with van der Waals surface area (Å²) in [5.41, 5.74) is 9.65. The minimum Gasteiger partial charge on any atom is -0.255 e. The summed E-state index contributed by atoms with van der Waals surface area (Å²) in [7, 11) is 0. The van der Waals surface area contributed by atoms with E-state index < -0.39 is 0 Å². The highest BCUT2D eigenvalue weighted by Gasteiger charge is 2.15. The largest absolute Gasteiger partial charge is 0.255 e. The molecule has 0 bridgehead atoms. The van der Waals surface area contributed by atoms with E-state index in [1.807, 2.05) is 109 Å². The molecule has 10 rings (SSSR count). The van der Waals surface area contributed by atoms with Crippen LogP contribution < -0.4 is 0 Å². The number of nitrogens with zero attached hydrogens (tertiary/aromatic N) is 10. The molecule has 0 spiro atoms. The van der Waals surface area contributed by atoms with Crippen LogP contribution in [0.1, 0.15) is 0 Å². The van der Waals surface area contributed by atoms with E-state index in [1.54, 1.807) is 12.4 Å². The van der Waals surface area contributed by atoms with Gasteiger partial charge in [0.05, 0.1) is 45.6 Å². The molecule has 0 saturated heterocycles. The van der Waals surface area contributed by atoms with Gasteiger partial charge < -0.3 is 0 Å². The average Bonchev–Trinajstić information content (AvgIpc) is 3.99. The molecule has 56 heavy (non-hydrogen) atoms. The highest BCUT2D eigenvalue weighted by atomic mass is 32.1. The second-order valence-corrected chi connectivity index (χ2v) is 14.6. The smallest absolute Gasteiger partial charge is 0.166 e. The molecule has 0 aliphatic carbocycles. The quantitative estimate of drug-likeness (QED) is 0.148. The van der Waals surface area contributed by atoms with Crippen LogP contribution in [-0.4, -0.2) is 50.3 Å². The molecule has 0 atom stereocenters. The zero-order valence-corrected chi connectivity index (χ0v) is 30.9. The lowest BCUT2D eigenvalue weighted by atomic mass is 10.0. The monoisotopic (exact) mass is 758 g/mol. The molecular weight excluding hydrogens is 733 g/mol. The Morgan fingerprint density at radius 1 is 0.286 bits per heavy atom. The molecule has 8 aromatic heterocycles. The van der Waals surface area contributed by atoms with Gasteiger partial charge in [-0.1, -0.05) is 83.3 Å². The fourth-order valence-electron chi connectivity index (χ4n) is 6.26. The van der Waals surface area contributed by atoms with Crippen molar-refractivity contribution in [3.05, 3.63) is 158 Å². The van der Waals surface area contributed by atoms with Gasteiger partial charge in [0.1, 0.15) is 21.4 Å². The normalized spacial score (nSPS) is 11.2. The standard InChI is InChI=1S/C44H26N10S2/c1-3-23-45-31(9-1)33-11-5-13-35(47-33)37-15-7-17-39(49-37)43-53-51-41(55-43)28-21-19-27-20-22-29(26-30(27)25-28)42-52-54-44(56-42)40-18-8-16-38(50-40)36-14-6-12-34(48-36)32-10-2-4-24-46-32/h1-26H. The summed E-state index contributed by atoms with van der Waals surface area (Å²) < 4.78 is 0. The Morgan fingerprint density at radius 3 is 1.05 bits per heavy atom. The maximum absolute atomic E-state index is 4.91. The van der Waals surface area contributed by atoms with Crippen LogP contribution in [0.15, 0.2) is 158 Å². The van der Waals surface area contributed by atoms with Crippen molar-refractivity contribution < 1.29 is 0 Å². The van der Waals surface area contributed by atoms with Crippen LogP contribution in [0, 0.1) is 0 Å². The van der Waals surface area contributed by atoms with Crippen LogP contribution in [0.5, 0.6) is 0 Å². The van der Waals surface area contributed by atoms with E-state index in [-0.39, 0.29) is 0 Å². The van der Waals surface area contributed by atoms with Gasteiger partial charge >= 0.3 is 0 Å². The summed E-state index contributed by atoms with van der Waals surface area (Å²) in [6.07, 6.45) is 3.53. The van der Waals surface area contributed by atoms with Gasteiger partial charge in [0.2, 0.25) is 0 Å². The van der Waals surface area contributed by atoms with Crippen LogP contribution in [0.3, 0.4) is 0 Å². The summed E-state index contributed by atoms with van der Waals surface area (Å²) in [4.78, 5) is 28.4. The molecule has 12 heteroatoms. The van der Waals surface area contributed by atoms with Crippen LogP contribution in [0.25, 0.3) is 98.9 Å². The summed E-state index contributed by atoms with van der Waals surface area (Å²) in [5, 5.41) is 23.4. The third-order valence-electron chi connectivity index (χ3n) is 9.00. The summed E-state index contributed by atoms with van der Waals surface area (Å²) in [5.74, 6) is 0. The lowest BCUT2D eigenvalue weighted by molar-refractivity contribution is 1.09. The number of hydrogen-bond acceptors (Lipinski definition) is 12. The van der Waals surface area contributed by atoms with Gasteiger partial charge in [-0.2, -0.15) is 0 Å². The molecule has 2 aromatic carbocycles. The van der Waals surface area contributed by atoms with Crippen molar-refractivity contribution in [2.24, 2.45) is 0 Å². The van der Waals surface area contributed by atoms with E-state index in [0.29, 0.717) is 0 Å². The molecule has 10 aromatic rings. The molecule has 0 radical (unpaired) electrons. The summed E-state index contributed by atoms with van der Waals surface area (Å²) in [6.45, 7) is 0. The number of pyridine rings is 6. The van der Waals surface area contributed by atoms with Gasteiger partial charge in [0, 0.05) is 23.5 Å². The molecule has 0 N–H and O–H groups in total. The molecule has 0 unspecified atom stereocenters. The highest BCUT2D eigenvalue weighted by molar-refractivity contribution is 7.18. The number of rotatable bonds is 8. The molecule has 8 heterocycles. The topological polar surface area (TPSA) is 129 Å². The van der Waals surface area contributed by atoms with Crippen molar-refractivity contribution >= 4 is 33.4 Å². The van der Waals surface area contributed by atoms with Gasteiger partial charge in [-0.3, -0.25) is 9.97 Å². The zero-order chi connectivity index (χ0) is 37.3. The van der Waals surface area contributed by atoms with Crippen LogP contribution in [0.4, 0.5) is 0 Å². The van der Waals surface area contributed by atoms with Crippen molar-refractivity contribution in [3.8, 4) is 88.1 Å². The van der Waals surface area contributed by atoms with Crippen molar-refractivity contribution in [2.75, 3.05) is 0 Å². The molecular formula is C44H26N10S2. The molecule has 0 saturated carbocycles. The molecule has 0 aliphatic heterocycles. The lowest BCUT2D eigenvalue weighted by Gasteiger charge is -2.05. The SMILES string of the molecule is c1ccc(-c2cccc(-c3cccc(-c4nnc(-c5ccc6ccc(-c7nnc(-c8cccc(-c9cccc(-c%10ccccn%10)n9)n8)s7)cc6c5)s4)n3)n2)nc1. The summed E-state index contributed by atoms with van der Waals surface area (Å²) in [6, 6.07) is 47.7. The first kappa shape index (κ1) is 33.3. The van der Waals surface area contributed by atoms with E-state index in [4.69, 9.17) is 19.9 Å². The van der Waals surface area contributed by atoms with Gasteiger partial charge in [-0.25, -0.2) is 19.9 Å². The van der Waals surface area contributed by atoms with E-state index in [9.17, 15) is 0 Å². The van der Waals surface area contributed by atoms with Crippen LogP contribution >= 0.6 is 22.7 Å². The first-order chi connectivity index (χ1) is 27.7. The second-order valence-electron chi connectivity index (χ2n) is 12.7. The molecule has 0 amide bonds. The Labute approximate surface area is 328 Å². The molecule has 0 aliphatic rings. The van der Waals surface area contributed by atoms with Crippen molar-refractivity contribution in [2.45, 2.75) is 0 Å². The first-order valence-corrected chi connectivity index (χ1v) is 19.3. The molecule has 0 fully saturated rings. The Kier molecular flexibility index (Phi) is 8.63. The van der Waals surface area contributed by atoms with Gasteiger partial charge in [-0.05, 0) is 95.7 Å². The number of aromatic nitrogens is 10. The van der Waals surface area contributed by atoms with Crippen molar-refractivity contribution in [1.82, 2.24) is 50.3 Å². The molecule has 10 nitrogen and oxygen atoms in total. The fourth-order valence-corrected chi connectivity index (χ4v) is 7.88. The van der Waals surface area contributed by atoms with Gasteiger partial charge in [0.25, 0.3) is 0 Å². The maximum Gasteiger partial charge on any atom is 0.166 e. The molecule has 264 valence electrons. The summed E-state index contributed by atoms with van der Waals surface area (Å²) >= 11 is 3.00.